The number of aryl methyl sites for hydroxylation is 1. The molecule has 1 amide bonds. The number of hydrogen-bond acceptors (Lipinski definition) is 4. The molecular weight excluding hydrogens is 346 g/mol. The summed E-state index contributed by atoms with van der Waals surface area (Å²) in [5, 5.41) is 3.29. The van der Waals surface area contributed by atoms with Crippen LogP contribution in [0.1, 0.15) is 32.4 Å². The number of amides is 1. The monoisotopic (exact) mass is 365 g/mol. The maximum absolute atomic E-state index is 12.3. The number of unbranched alkanes of at least 4 members (excludes halogenated alkanes) is 1. The Hall–Kier alpha value is -1.79. The molecule has 0 spiro atoms. The first kappa shape index (κ1) is 18.5. The lowest BCUT2D eigenvalue weighted by Gasteiger charge is -2.12. The Morgan fingerprint density at radius 2 is 2.17 bits per heavy atom. The van der Waals surface area contributed by atoms with Gasteiger partial charge >= 0.3 is 0 Å². The number of nitrogens with zero attached hydrogens (tertiary/aromatic N) is 1. The fourth-order valence-electron chi connectivity index (χ4n) is 2.04. The molecule has 0 bridgehead atoms. The molecule has 0 saturated carbocycles. The van der Waals surface area contributed by atoms with Crippen LogP contribution in [0, 0.1) is 0 Å². The van der Waals surface area contributed by atoms with E-state index in [0.717, 1.165) is 25.0 Å². The third-order valence-corrected chi connectivity index (χ3v) is 4.66. The summed E-state index contributed by atoms with van der Waals surface area (Å²) in [5.74, 6) is -0.199. The highest BCUT2D eigenvalue weighted by atomic mass is 35.5. The SMILES string of the molecule is CCCCc1cc(=O)[nH]c(SC(C)C(=O)Nc2ccccc2Cl)n1. The molecule has 0 aliphatic carbocycles. The number of halogens is 1. The summed E-state index contributed by atoms with van der Waals surface area (Å²) >= 11 is 7.26. The second kappa shape index (κ2) is 8.89. The molecule has 7 heteroatoms. The molecule has 1 atom stereocenters. The van der Waals surface area contributed by atoms with Crippen LogP contribution in [-0.4, -0.2) is 21.1 Å². The Bertz CT molecular complexity index is 763. The van der Waals surface area contributed by atoms with E-state index in [2.05, 4.69) is 22.2 Å². The number of carbonyl (C=O) groups is 1. The van der Waals surface area contributed by atoms with Gasteiger partial charge in [-0.2, -0.15) is 0 Å². The molecule has 24 heavy (non-hydrogen) atoms. The van der Waals surface area contributed by atoms with Crippen molar-refractivity contribution in [1.29, 1.82) is 0 Å². The molecule has 2 rings (SSSR count). The smallest absolute Gasteiger partial charge is 0.251 e. The zero-order valence-electron chi connectivity index (χ0n) is 13.6. The van der Waals surface area contributed by atoms with Crippen molar-refractivity contribution in [3.05, 3.63) is 51.4 Å². The molecule has 2 aromatic rings. The molecule has 0 saturated heterocycles. The van der Waals surface area contributed by atoms with E-state index >= 15 is 0 Å². The molecule has 5 nitrogen and oxygen atoms in total. The third-order valence-electron chi connectivity index (χ3n) is 3.35. The molecule has 2 N–H and O–H groups in total. The van der Waals surface area contributed by atoms with E-state index in [1.807, 2.05) is 0 Å². The van der Waals surface area contributed by atoms with Gasteiger partial charge in [0, 0.05) is 11.8 Å². The van der Waals surface area contributed by atoms with Crippen molar-refractivity contribution in [2.75, 3.05) is 5.32 Å². The van der Waals surface area contributed by atoms with Crippen LogP contribution in [0.3, 0.4) is 0 Å². The van der Waals surface area contributed by atoms with Crippen LogP contribution < -0.4 is 10.9 Å². The lowest BCUT2D eigenvalue weighted by atomic mass is 10.2. The fraction of sp³-hybridized carbons (Fsp3) is 0.353. The highest BCUT2D eigenvalue weighted by Gasteiger charge is 2.17. The van der Waals surface area contributed by atoms with Crippen molar-refractivity contribution in [2.45, 2.75) is 43.5 Å². The number of aromatic amines is 1. The van der Waals surface area contributed by atoms with Gasteiger partial charge in [0.05, 0.1) is 16.0 Å². The van der Waals surface area contributed by atoms with Crippen LogP contribution in [0.5, 0.6) is 0 Å². The summed E-state index contributed by atoms with van der Waals surface area (Å²) in [6.07, 6.45) is 2.77. The van der Waals surface area contributed by atoms with E-state index in [1.165, 1.54) is 17.8 Å². The second-order valence-corrected chi connectivity index (χ2v) is 7.11. The average molecular weight is 366 g/mol. The summed E-state index contributed by atoms with van der Waals surface area (Å²) in [5.41, 5.74) is 1.12. The summed E-state index contributed by atoms with van der Waals surface area (Å²) in [7, 11) is 0. The number of anilines is 1. The summed E-state index contributed by atoms with van der Waals surface area (Å²) in [6.45, 7) is 3.85. The van der Waals surface area contributed by atoms with Crippen molar-refractivity contribution in [1.82, 2.24) is 9.97 Å². The number of para-hydroxylation sites is 1. The van der Waals surface area contributed by atoms with Crippen molar-refractivity contribution < 1.29 is 4.79 Å². The Morgan fingerprint density at radius 1 is 1.42 bits per heavy atom. The van der Waals surface area contributed by atoms with Crippen molar-refractivity contribution in [3.63, 3.8) is 0 Å². The van der Waals surface area contributed by atoms with Crippen LogP contribution in [0.25, 0.3) is 0 Å². The van der Waals surface area contributed by atoms with Crippen LogP contribution in [0.15, 0.2) is 40.3 Å². The highest BCUT2D eigenvalue weighted by molar-refractivity contribution is 8.00. The molecule has 1 aromatic heterocycles. The van der Waals surface area contributed by atoms with Gasteiger partial charge in [-0.15, -0.1) is 0 Å². The van der Waals surface area contributed by atoms with Crippen molar-refractivity contribution >= 4 is 35.0 Å². The molecule has 0 fully saturated rings. The quantitative estimate of drug-likeness (QED) is 0.576. The minimum Gasteiger partial charge on any atom is -0.324 e. The van der Waals surface area contributed by atoms with Crippen molar-refractivity contribution in [3.8, 4) is 0 Å². The van der Waals surface area contributed by atoms with Gasteiger partial charge in [-0.25, -0.2) is 4.98 Å². The summed E-state index contributed by atoms with van der Waals surface area (Å²) in [4.78, 5) is 31.1. The van der Waals surface area contributed by atoms with E-state index in [4.69, 9.17) is 11.6 Å². The number of rotatable bonds is 7. The van der Waals surface area contributed by atoms with E-state index in [0.29, 0.717) is 15.9 Å². The van der Waals surface area contributed by atoms with E-state index in [1.54, 1.807) is 31.2 Å². The molecule has 0 aliphatic heterocycles. The van der Waals surface area contributed by atoms with Crippen LogP contribution in [-0.2, 0) is 11.2 Å². The Labute approximate surface area is 150 Å². The minimum absolute atomic E-state index is 0.197. The van der Waals surface area contributed by atoms with Gasteiger partial charge in [-0.3, -0.25) is 9.59 Å². The normalized spacial score (nSPS) is 12.0. The topological polar surface area (TPSA) is 74.8 Å². The Kier molecular flexibility index (Phi) is 6.87. The largest absolute Gasteiger partial charge is 0.324 e. The van der Waals surface area contributed by atoms with Gasteiger partial charge in [0.15, 0.2) is 5.16 Å². The number of hydrogen-bond donors (Lipinski definition) is 2. The lowest BCUT2D eigenvalue weighted by molar-refractivity contribution is -0.115. The summed E-state index contributed by atoms with van der Waals surface area (Å²) < 4.78 is 0. The first-order valence-corrected chi connectivity index (χ1v) is 9.07. The van der Waals surface area contributed by atoms with Gasteiger partial charge in [0.1, 0.15) is 0 Å². The van der Waals surface area contributed by atoms with Crippen LogP contribution >= 0.6 is 23.4 Å². The third kappa shape index (κ3) is 5.39. The maximum atomic E-state index is 12.3. The number of thioether (sulfide) groups is 1. The molecule has 1 aromatic carbocycles. The Balaban J connectivity index is 2.04. The number of nitrogens with one attached hydrogen (secondary N) is 2. The molecule has 1 heterocycles. The predicted octanol–water partition coefficient (Wildman–Crippen LogP) is 3.89. The van der Waals surface area contributed by atoms with E-state index in [9.17, 15) is 9.59 Å². The number of benzene rings is 1. The first-order chi connectivity index (χ1) is 11.5. The van der Waals surface area contributed by atoms with Gasteiger partial charge in [0.25, 0.3) is 5.56 Å². The molecule has 0 aliphatic rings. The number of H-pyrrole nitrogens is 1. The molecule has 128 valence electrons. The van der Waals surface area contributed by atoms with Gasteiger partial charge in [-0.05, 0) is 31.9 Å². The average Bonchev–Trinajstić information content (AvgIpc) is 2.54. The number of aromatic nitrogens is 2. The van der Waals surface area contributed by atoms with Gasteiger partial charge in [0.2, 0.25) is 5.91 Å². The number of carbonyl (C=O) groups excluding carboxylic acids is 1. The molecular formula is C17H20ClN3O2S. The van der Waals surface area contributed by atoms with E-state index in [-0.39, 0.29) is 11.5 Å². The van der Waals surface area contributed by atoms with Crippen LogP contribution in [0.4, 0.5) is 5.69 Å². The van der Waals surface area contributed by atoms with Gasteiger partial charge < -0.3 is 10.3 Å². The Morgan fingerprint density at radius 3 is 2.88 bits per heavy atom. The zero-order valence-corrected chi connectivity index (χ0v) is 15.2. The predicted molar refractivity (Wildman–Crippen MR) is 98.9 cm³/mol. The van der Waals surface area contributed by atoms with E-state index < -0.39 is 5.25 Å². The summed E-state index contributed by atoms with van der Waals surface area (Å²) in [6, 6.07) is 8.56. The maximum Gasteiger partial charge on any atom is 0.251 e. The minimum atomic E-state index is -0.425. The standard InChI is InChI=1S/C17H20ClN3O2S/c1-3-4-7-12-10-15(22)21-17(19-12)24-11(2)16(23)20-14-9-6-5-8-13(14)18/h5-6,8-11H,3-4,7H2,1-2H3,(H,20,23)(H,19,21,22). The zero-order chi connectivity index (χ0) is 17.5. The second-order valence-electron chi connectivity index (χ2n) is 5.37. The lowest BCUT2D eigenvalue weighted by Crippen LogP contribution is -2.23. The van der Waals surface area contributed by atoms with Gasteiger partial charge in [-0.1, -0.05) is 48.8 Å². The highest BCUT2D eigenvalue weighted by Crippen LogP contribution is 2.24. The molecule has 0 radical (unpaired) electrons. The van der Waals surface area contributed by atoms with Crippen molar-refractivity contribution in [2.24, 2.45) is 0 Å². The first-order valence-electron chi connectivity index (χ1n) is 7.82. The molecule has 1 unspecified atom stereocenters. The van der Waals surface area contributed by atoms with Crippen LogP contribution in [0.2, 0.25) is 5.02 Å². The fourth-order valence-corrected chi connectivity index (χ4v) is 3.06.